The van der Waals surface area contributed by atoms with E-state index >= 15 is 0 Å². The zero-order chi connectivity index (χ0) is 10.8. The number of aromatic nitrogens is 1. The van der Waals surface area contributed by atoms with Crippen LogP contribution in [0.25, 0.3) is 0 Å². The van der Waals surface area contributed by atoms with Crippen LogP contribution < -0.4 is 15.5 Å². The van der Waals surface area contributed by atoms with Crippen molar-refractivity contribution in [3.63, 3.8) is 0 Å². The number of piperazine rings is 1. The molecule has 3 rings (SSSR count). The van der Waals surface area contributed by atoms with Crippen LogP contribution in [-0.2, 0) is 6.42 Å². The molecule has 0 atom stereocenters. The molecule has 0 radical (unpaired) electrons. The average molecular weight is 291 g/mol. The average Bonchev–Trinajstić information content (AvgIpc) is 2.39. The summed E-state index contributed by atoms with van der Waals surface area (Å²) in [6, 6.07) is 2.15. The van der Waals surface area contributed by atoms with Gasteiger partial charge in [-0.25, -0.2) is 4.98 Å². The van der Waals surface area contributed by atoms with E-state index in [1.807, 2.05) is 6.20 Å². The van der Waals surface area contributed by atoms with Crippen LogP contribution in [0.2, 0.25) is 0 Å². The van der Waals surface area contributed by atoms with E-state index in [9.17, 15) is 0 Å². The van der Waals surface area contributed by atoms with E-state index in [0.717, 1.165) is 38.5 Å². The standard InChI is InChI=1S/C12H18N4.2ClH/c1-2-10-3-5-15-12(11(10)14-4-1)16-8-6-13-7-9-16;;/h3,5,13-14H,1-2,4,6-9H2;2*1H. The van der Waals surface area contributed by atoms with Gasteiger partial charge in [0.25, 0.3) is 0 Å². The van der Waals surface area contributed by atoms with Crippen molar-refractivity contribution in [1.82, 2.24) is 10.3 Å². The lowest BCUT2D eigenvalue weighted by molar-refractivity contribution is 0.584. The highest BCUT2D eigenvalue weighted by Gasteiger charge is 2.19. The number of hydrogen-bond donors (Lipinski definition) is 2. The maximum atomic E-state index is 4.55. The molecule has 1 saturated heterocycles. The molecule has 0 aliphatic carbocycles. The first-order chi connectivity index (χ1) is 7.95. The summed E-state index contributed by atoms with van der Waals surface area (Å²) in [4.78, 5) is 6.93. The summed E-state index contributed by atoms with van der Waals surface area (Å²) in [7, 11) is 0. The van der Waals surface area contributed by atoms with Crippen molar-refractivity contribution in [2.75, 3.05) is 42.9 Å². The van der Waals surface area contributed by atoms with Crippen molar-refractivity contribution in [3.8, 4) is 0 Å². The predicted molar refractivity (Wildman–Crippen MR) is 80.6 cm³/mol. The maximum absolute atomic E-state index is 4.55. The van der Waals surface area contributed by atoms with Gasteiger partial charge in [0.15, 0.2) is 5.82 Å². The summed E-state index contributed by atoms with van der Waals surface area (Å²) >= 11 is 0. The topological polar surface area (TPSA) is 40.2 Å². The molecule has 1 aromatic rings. The molecule has 6 heteroatoms. The van der Waals surface area contributed by atoms with Crippen molar-refractivity contribution < 1.29 is 0 Å². The lowest BCUT2D eigenvalue weighted by Crippen LogP contribution is -2.44. The first-order valence-corrected chi connectivity index (χ1v) is 6.12. The summed E-state index contributed by atoms with van der Waals surface area (Å²) < 4.78 is 0. The van der Waals surface area contributed by atoms with E-state index in [-0.39, 0.29) is 24.8 Å². The summed E-state index contributed by atoms with van der Waals surface area (Å²) in [6.07, 6.45) is 4.37. The van der Waals surface area contributed by atoms with E-state index in [2.05, 4.69) is 26.6 Å². The Morgan fingerprint density at radius 2 is 1.89 bits per heavy atom. The summed E-state index contributed by atoms with van der Waals surface area (Å²) in [5.41, 5.74) is 2.70. The molecule has 2 aliphatic rings. The number of halogens is 2. The van der Waals surface area contributed by atoms with Gasteiger partial charge >= 0.3 is 0 Å². The maximum Gasteiger partial charge on any atom is 0.152 e. The largest absolute Gasteiger partial charge is 0.382 e. The van der Waals surface area contributed by atoms with Gasteiger partial charge in [0, 0.05) is 38.9 Å². The summed E-state index contributed by atoms with van der Waals surface area (Å²) in [5.74, 6) is 1.15. The number of nitrogens with one attached hydrogen (secondary N) is 2. The number of rotatable bonds is 1. The van der Waals surface area contributed by atoms with Gasteiger partial charge in [-0.3, -0.25) is 0 Å². The van der Waals surface area contributed by atoms with E-state index in [4.69, 9.17) is 0 Å². The highest BCUT2D eigenvalue weighted by Crippen LogP contribution is 2.30. The zero-order valence-electron chi connectivity index (χ0n) is 10.3. The quantitative estimate of drug-likeness (QED) is 0.826. The van der Waals surface area contributed by atoms with Gasteiger partial charge in [-0.15, -0.1) is 24.8 Å². The molecule has 1 fully saturated rings. The van der Waals surface area contributed by atoms with Gasteiger partial charge in [-0.1, -0.05) is 0 Å². The molecule has 0 unspecified atom stereocenters. The number of fused-ring (bicyclic) bond motifs is 1. The Bertz CT molecular complexity index is 380. The molecule has 0 aromatic carbocycles. The third-order valence-corrected chi connectivity index (χ3v) is 3.36. The zero-order valence-corrected chi connectivity index (χ0v) is 11.9. The summed E-state index contributed by atoms with van der Waals surface area (Å²) in [5, 5.41) is 6.88. The van der Waals surface area contributed by atoms with Crippen LogP contribution in [0, 0.1) is 0 Å². The Labute approximate surface area is 120 Å². The second-order valence-electron chi connectivity index (χ2n) is 4.44. The fourth-order valence-corrected chi connectivity index (χ4v) is 2.50. The van der Waals surface area contributed by atoms with Crippen LogP contribution >= 0.6 is 24.8 Å². The molecule has 3 heterocycles. The Morgan fingerprint density at radius 1 is 1.11 bits per heavy atom. The second-order valence-corrected chi connectivity index (χ2v) is 4.44. The molecule has 102 valence electrons. The number of hydrogen-bond acceptors (Lipinski definition) is 4. The van der Waals surface area contributed by atoms with Crippen molar-refractivity contribution in [1.29, 1.82) is 0 Å². The van der Waals surface area contributed by atoms with Gasteiger partial charge in [-0.2, -0.15) is 0 Å². The van der Waals surface area contributed by atoms with E-state index in [1.165, 1.54) is 24.1 Å². The molecule has 1 aromatic heterocycles. The van der Waals surface area contributed by atoms with Crippen molar-refractivity contribution >= 4 is 36.3 Å². The van der Waals surface area contributed by atoms with Gasteiger partial charge in [0.1, 0.15) is 0 Å². The number of aryl methyl sites for hydroxylation is 1. The third kappa shape index (κ3) is 2.99. The van der Waals surface area contributed by atoms with Crippen molar-refractivity contribution in [3.05, 3.63) is 17.8 Å². The Hall–Kier alpha value is -0.710. The SMILES string of the molecule is Cl.Cl.c1cc2c(c(N3CCNCC3)n1)NCCC2. The van der Waals surface area contributed by atoms with Crippen molar-refractivity contribution in [2.24, 2.45) is 0 Å². The van der Waals surface area contributed by atoms with E-state index < -0.39 is 0 Å². The molecular weight excluding hydrogens is 271 g/mol. The molecule has 0 amide bonds. The summed E-state index contributed by atoms with van der Waals surface area (Å²) in [6.45, 7) is 5.32. The molecule has 0 saturated carbocycles. The number of pyridine rings is 1. The first kappa shape index (κ1) is 15.3. The van der Waals surface area contributed by atoms with E-state index in [0.29, 0.717) is 0 Å². The van der Waals surface area contributed by atoms with Gasteiger partial charge in [0.2, 0.25) is 0 Å². The Balaban J connectivity index is 0.000000810. The fraction of sp³-hybridized carbons (Fsp3) is 0.583. The lowest BCUT2D eigenvalue weighted by Gasteiger charge is -2.32. The van der Waals surface area contributed by atoms with Crippen LogP contribution in [0.5, 0.6) is 0 Å². The van der Waals surface area contributed by atoms with Crippen LogP contribution in [0.15, 0.2) is 12.3 Å². The van der Waals surface area contributed by atoms with Crippen LogP contribution in [0.4, 0.5) is 11.5 Å². The van der Waals surface area contributed by atoms with E-state index in [1.54, 1.807) is 0 Å². The molecule has 2 N–H and O–H groups in total. The molecule has 2 aliphatic heterocycles. The Morgan fingerprint density at radius 3 is 2.67 bits per heavy atom. The van der Waals surface area contributed by atoms with Gasteiger partial charge in [0.05, 0.1) is 5.69 Å². The fourth-order valence-electron chi connectivity index (χ4n) is 2.50. The lowest BCUT2D eigenvalue weighted by atomic mass is 10.0. The van der Waals surface area contributed by atoms with Crippen LogP contribution in [0.1, 0.15) is 12.0 Å². The monoisotopic (exact) mass is 290 g/mol. The first-order valence-electron chi connectivity index (χ1n) is 6.12. The molecule has 0 spiro atoms. The van der Waals surface area contributed by atoms with Gasteiger partial charge in [-0.05, 0) is 24.5 Å². The molecule has 0 bridgehead atoms. The molecular formula is C12H20Cl2N4. The normalized spacial score (nSPS) is 17.9. The van der Waals surface area contributed by atoms with Crippen LogP contribution in [-0.4, -0.2) is 37.7 Å². The number of anilines is 2. The Kier molecular flexibility index (Phi) is 5.99. The minimum atomic E-state index is 0. The predicted octanol–water partition coefficient (Wildman–Crippen LogP) is 1.69. The minimum Gasteiger partial charge on any atom is -0.382 e. The minimum absolute atomic E-state index is 0. The van der Waals surface area contributed by atoms with Crippen molar-refractivity contribution in [2.45, 2.75) is 12.8 Å². The van der Waals surface area contributed by atoms with Gasteiger partial charge < -0.3 is 15.5 Å². The highest BCUT2D eigenvalue weighted by atomic mass is 35.5. The second kappa shape index (κ2) is 7.02. The highest BCUT2D eigenvalue weighted by molar-refractivity contribution is 5.85. The van der Waals surface area contributed by atoms with Crippen LogP contribution in [0.3, 0.4) is 0 Å². The molecule has 18 heavy (non-hydrogen) atoms. The third-order valence-electron chi connectivity index (χ3n) is 3.36. The smallest absolute Gasteiger partial charge is 0.152 e. The number of nitrogens with zero attached hydrogens (tertiary/aromatic N) is 2. The molecule has 4 nitrogen and oxygen atoms in total.